The van der Waals surface area contributed by atoms with E-state index in [0.29, 0.717) is 35.7 Å². The van der Waals surface area contributed by atoms with Crippen LogP contribution in [-0.2, 0) is 32.8 Å². The minimum Gasteiger partial charge on any atom is -0.497 e. The van der Waals surface area contributed by atoms with Crippen LogP contribution in [0.1, 0.15) is 21.9 Å². The Morgan fingerprint density at radius 2 is 1.56 bits per heavy atom. The Hall–Kier alpha value is -2.59. The first-order chi connectivity index (χ1) is 15.8. The summed E-state index contributed by atoms with van der Waals surface area (Å²) in [6.45, 7) is 0.763. The summed E-state index contributed by atoms with van der Waals surface area (Å²) in [5.74, 6) is 0.864. The van der Waals surface area contributed by atoms with Crippen LogP contribution in [0.15, 0.2) is 76.5 Å². The lowest BCUT2D eigenvalue weighted by Gasteiger charge is -2.16. The lowest BCUT2D eigenvalue weighted by molar-refractivity contribution is 0.393. The van der Waals surface area contributed by atoms with E-state index >= 15 is 0 Å². The zero-order valence-corrected chi connectivity index (χ0v) is 21.2. The van der Waals surface area contributed by atoms with Crippen LogP contribution in [0.5, 0.6) is 11.5 Å². The van der Waals surface area contributed by atoms with E-state index in [0.717, 1.165) is 5.56 Å². The molecule has 3 aromatic carbocycles. The molecule has 0 saturated heterocycles. The van der Waals surface area contributed by atoms with Gasteiger partial charge < -0.3 is 14.8 Å². The molecule has 182 valence electrons. The maximum atomic E-state index is 13.4. The molecular formula is C24H26ClNO6S2. The van der Waals surface area contributed by atoms with E-state index in [4.69, 9.17) is 9.47 Å². The Labute approximate surface area is 206 Å². The number of nitrogens with one attached hydrogen (secondary N) is 1. The van der Waals surface area contributed by atoms with E-state index in [1.165, 1.54) is 18.2 Å². The van der Waals surface area contributed by atoms with Crippen LogP contribution < -0.4 is 14.8 Å². The fourth-order valence-electron chi connectivity index (χ4n) is 4.08. The quantitative estimate of drug-likeness (QED) is 0.480. The summed E-state index contributed by atoms with van der Waals surface area (Å²) < 4.78 is 63.0. The first-order valence-electron chi connectivity index (χ1n) is 10.3. The average molecular weight is 524 g/mol. The van der Waals surface area contributed by atoms with Gasteiger partial charge in [-0.3, -0.25) is 0 Å². The van der Waals surface area contributed by atoms with Gasteiger partial charge in [0.1, 0.15) is 16.7 Å². The number of benzene rings is 3. The van der Waals surface area contributed by atoms with Gasteiger partial charge in [0.2, 0.25) is 0 Å². The van der Waals surface area contributed by atoms with Gasteiger partial charge >= 0.3 is 0 Å². The van der Waals surface area contributed by atoms with Gasteiger partial charge in [0, 0.05) is 19.2 Å². The van der Waals surface area contributed by atoms with Crippen molar-refractivity contribution in [3.05, 3.63) is 83.4 Å². The van der Waals surface area contributed by atoms with Crippen molar-refractivity contribution in [2.45, 2.75) is 28.1 Å². The normalized spacial score (nSPS) is 16.4. The molecular weight excluding hydrogens is 498 g/mol. The number of fused-ring (bicyclic) bond motifs is 1. The topological polar surface area (TPSA) is 98.8 Å². The summed E-state index contributed by atoms with van der Waals surface area (Å²) in [6.07, 6.45) is 0. The van der Waals surface area contributed by atoms with Gasteiger partial charge in [-0.15, -0.1) is 12.4 Å². The first kappa shape index (κ1) is 26.0. The molecule has 0 saturated carbocycles. The highest BCUT2D eigenvalue weighted by molar-refractivity contribution is 7.96. The van der Waals surface area contributed by atoms with Crippen LogP contribution in [0, 0.1) is 0 Å². The van der Waals surface area contributed by atoms with Gasteiger partial charge in [0.05, 0.1) is 29.8 Å². The highest BCUT2D eigenvalue weighted by Gasteiger charge is 2.44. The number of methoxy groups -OCH3 is 2. The molecule has 10 heteroatoms. The standard InChI is InChI=1S/C24H25NO6S2.ClH/c1-30-19-11-17(12-20(13-19)31-2)14-25-15-18-7-6-10-22-24(18)23(16-32(22,26)27)33(28,29)21-8-4-3-5-9-21;/h3-13,23,25H,14-16H2,1-2H3;1H. The molecule has 0 amide bonds. The molecule has 1 atom stereocenters. The Bertz CT molecular complexity index is 1350. The predicted molar refractivity (Wildman–Crippen MR) is 132 cm³/mol. The van der Waals surface area contributed by atoms with Crippen molar-refractivity contribution < 1.29 is 26.3 Å². The number of ether oxygens (including phenoxy) is 2. The van der Waals surface area contributed by atoms with Crippen LogP contribution in [0.2, 0.25) is 0 Å². The molecule has 0 radical (unpaired) electrons. The molecule has 0 fully saturated rings. The van der Waals surface area contributed by atoms with Crippen LogP contribution in [0.3, 0.4) is 0 Å². The summed E-state index contributed by atoms with van der Waals surface area (Å²) in [5, 5.41) is 2.14. The summed E-state index contributed by atoms with van der Waals surface area (Å²) >= 11 is 0. The van der Waals surface area contributed by atoms with E-state index in [-0.39, 0.29) is 22.2 Å². The molecule has 1 heterocycles. The largest absolute Gasteiger partial charge is 0.497 e. The third-order valence-electron chi connectivity index (χ3n) is 5.69. The zero-order chi connectivity index (χ0) is 23.6. The second-order valence-corrected chi connectivity index (χ2v) is 11.9. The third-order valence-corrected chi connectivity index (χ3v) is 9.78. The molecule has 1 aliphatic heterocycles. The highest BCUT2D eigenvalue weighted by atomic mass is 35.5. The monoisotopic (exact) mass is 523 g/mol. The zero-order valence-electron chi connectivity index (χ0n) is 18.7. The number of hydrogen-bond donors (Lipinski definition) is 1. The van der Waals surface area contributed by atoms with E-state index < -0.39 is 30.7 Å². The third kappa shape index (κ3) is 5.07. The minimum absolute atomic E-state index is 0. The molecule has 3 aromatic rings. The molecule has 7 nitrogen and oxygen atoms in total. The number of rotatable bonds is 8. The Morgan fingerprint density at radius 1 is 0.912 bits per heavy atom. The molecule has 1 unspecified atom stereocenters. The van der Waals surface area contributed by atoms with Gasteiger partial charge in [-0.05, 0) is 47.0 Å². The van der Waals surface area contributed by atoms with Crippen molar-refractivity contribution in [1.82, 2.24) is 5.32 Å². The van der Waals surface area contributed by atoms with Crippen LogP contribution in [-0.4, -0.2) is 36.8 Å². The molecule has 0 aliphatic carbocycles. The summed E-state index contributed by atoms with van der Waals surface area (Å²) in [6, 6.07) is 18.4. The van der Waals surface area contributed by atoms with Crippen molar-refractivity contribution in [3.63, 3.8) is 0 Å². The molecule has 1 aliphatic rings. The van der Waals surface area contributed by atoms with Gasteiger partial charge in [-0.25, -0.2) is 16.8 Å². The number of halogens is 1. The second-order valence-electron chi connectivity index (χ2n) is 7.78. The van der Waals surface area contributed by atoms with Crippen LogP contribution >= 0.6 is 12.4 Å². The summed E-state index contributed by atoms with van der Waals surface area (Å²) in [7, 11) is -4.43. The molecule has 0 bridgehead atoms. The molecule has 1 N–H and O–H groups in total. The minimum atomic E-state index is -3.88. The van der Waals surface area contributed by atoms with Crippen molar-refractivity contribution in [3.8, 4) is 11.5 Å². The predicted octanol–water partition coefficient (Wildman–Crippen LogP) is 3.72. The SMILES string of the molecule is COc1cc(CNCc2cccc3c2C(S(=O)(=O)c2ccccc2)CS3(=O)=O)cc(OC)c1.Cl. The van der Waals surface area contributed by atoms with E-state index in [1.54, 1.807) is 50.6 Å². The van der Waals surface area contributed by atoms with Crippen molar-refractivity contribution in [2.75, 3.05) is 20.0 Å². The van der Waals surface area contributed by atoms with Gasteiger partial charge in [-0.1, -0.05) is 30.3 Å². The Balaban J connectivity index is 0.00000324. The van der Waals surface area contributed by atoms with Crippen LogP contribution in [0.25, 0.3) is 0 Å². The van der Waals surface area contributed by atoms with Gasteiger partial charge in [-0.2, -0.15) is 0 Å². The number of sulfone groups is 2. The summed E-state index contributed by atoms with van der Waals surface area (Å²) in [4.78, 5) is 0.207. The van der Waals surface area contributed by atoms with E-state index in [9.17, 15) is 16.8 Å². The number of hydrogen-bond acceptors (Lipinski definition) is 7. The maximum Gasteiger partial charge on any atom is 0.186 e. The maximum absolute atomic E-state index is 13.4. The average Bonchev–Trinajstić information content (AvgIpc) is 3.11. The second kappa shape index (κ2) is 10.4. The fraction of sp³-hybridized carbons (Fsp3) is 0.250. The Morgan fingerprint density at radius 3 is 2.18 bits per heavy atom. The van der Waals surface area contributed by atoms with Gasteiger partial charge in [0.15, 0.2) is 19.7 Å². The van der Waals surface area contributed by atoms with Crippen molar-refractivity contribution in [1.29, 1.82) is 0 Å². The first-order valence-corrected chi connectivity index (χ1v) is 13.5. The van der Waals surface area contributed by atoms with E-state index in [1.807, 2.05) is 12.1 Å². The molecule has 4 rings (SSSR count). The fourth-order valence-corrected chi connectivity index (χ4v) is 8.50. The highest BCUT2D eigenvalue weighted by Crippen LogP contribution is 2.42. The van der Waals surface area contributed by atoms with Crippen molar-refractivity contribution >= 4 is 32.1 Å². The van der Waals surface area contributed by atoms with Crippen molar-refractivity contribution in [2.24, 2.45) is 0 Å². The van der Waals surface area contributed by atoms with Gasteiger partial charge in [0.25, 0.3) is 0 Å². The molecule has 0 aromatic heterocycles. The smallest absolute Gasteiger partial charge is 0.186 e. The Kier molecular flexibility index (Phi) is 7.92. The summed E-state index contributed by atoms with van der Waals surface area (Å²) in [5.41, 5.74) is 1.92. The van der Waals surface area contributed by atoms with E-state index in [2.05, 4.69) is 5.32 Å². The van der Waals surface area contributed by atoms with Crippen LogP contribution in [0.4, 0.5) is 0 Å². The lowest BCUT2D eigenvalue weighted by atomic mass is 10.0. The molecule has 0 spiro atoms. The molecule has 34 heavy (non-hydrogen) atoms. The lowest BCUT2D eigenvalue weighted by Crippen LogP contribution is -2.19.